The zero-order chi connectivity index (χ0) is 23.9. The number of carbonyl (C=O) groups excluding carboxylic acids is 2. The van der Waals surface area contributed by atoms with E-state index in [1.54, 1.807) is 48.5 Å². The fourth-order valence-electron chi connectivity index (χ4n) is 4.70. The van der Waals surface area contributed by atoms with Crippen molar-refractivity contribution in [2.75, 3.05) is 32.7 Å². The second kappa shape index (κ2) is 11.2. The lowest BCUT2D eigenvalue weighted by Gasteiger charge is -2.37. The van der Waals surface area contributed by atoms with Crippen molar-refractivity contribution in [2.24, 2.45) is 22.4 Å². The second-order valence-corrected chi connectivity index (χ2v) is 9.09. The number of esters is 1. The summed E-state index contributed by atoms with van der Waals surface area (Å²) in [5.74, 6) is 0.677. The molecule has 1 saturated carbocycles. The van der Waals surface area contributed by atoms with Gasteiger partial charge < -0.3 is 21.1 Å². The molecule has 1 saturated heterocycles. The topological polar surface area (TPSA) is 114 Å². The minimum absolute atomic E-state index is 0.0190. The molecular weight excluding hydrogens is 430 g/mol. The Labute approximate surface area is 200 Å². The van der Waals surface area contributed by atoms with Crippen LogP contribution in [-0.2, 0) is 0 Å². The first-order valence-corrected chi connectivity index (χ1v) is 12.0. The van der Waals surface area contributed by atoms with Crippen molar-refractivity contribution in [3.8, 4) is 5.75 Å². The first kappa shape index (κ1) is 23.8. The number of piperazine rings is 1. The minimum Gasteiger partial charge on any atom is -0.423 e. The smallest absolute Gasteiger partial charge is 0.343 e. The maximum absolute atomic E-state index is 12.9. The van der Waals surface area contributed by atoms with Gasteiger partial charge in [-0.1, -0.05) is 19.3 Å². The van der Waals surface area contributed by atoms with Crippen LogP contribution in [0.15, 0.2) is 53.5 Å². The van der Waals surface area contributed by atoms with Crippen molar-refractivity contribution in [2.45, 2.75) is 32.1 Å². The third-order valence-electron chi connectivity index (χ3n) is 6.57. The number of guanidine groups is 1. The first-order chi connectivity index (χ1) is 16.5. The molecule has 0 bridgehead atoms. The van der Waals surface area contributed by atoms with E-state index in [2.05, 4.69) is 9.89 Å². The zero-order valence-corrected chi connectivity index (χ0v) is 19.5. The van der Waals surface area contributed by atoms with E-state index in [9.17, 15) is 9.59 Å². The van der Waals surface area contributed by atoms with Crippen LogP contribution in [0.2, 0.25) is 0 Å². The highest BCUT2D eigenvalue weighted by molar-refractivity contribution is 5.95. The number of nitrogens with two attached hydrogens (primary N) is 2. The maximum atomic E-state index is 12.9. The van der Waals surface area contributed by atoms with E-state index in [4.69, 9.17) is 16.2 Å². The molecule has 180 valence electrons. The highest BCUT2D eigenvalue weighted by Gasteiger charge is 2.24. The monoisotopic (exact) mass is 463 g/mol. The van der Waals surface area contributed by atoms with Gasteiger partial charge in [0.1, 0.15) is 5.75 Å². The molecule has 0 atom stereocenters. The summed E-state index contributed by atoms with van der Waals surface area (Å²) < 4.78 is 5.43. The number of rotatable bonds is 6. The highest BCUT2D eigenvalue weighted by atomic mass is 16.5. The van der Waals surface area contributed by atoms with Gasteiger partial charge in [0.25, 0.3) is 5.91 Å². The van der Waals surface area contributed by atoms with Crippen LogP contribution < -0.4 is 16.2 Å². The first-order valence-electron chi connectivity index (χ1n) is 12.0. The van der Waals surface area contributed by atoms with Crippen molar-refractivity contribution in [3.05, 3.63) is 59.7 Å². The van der Waals surface area contributed by atoms with Crippen molar-refractivity contribution in [1.82, 2.24) is 9.80 Å². The summed E-state index contributed by atoms with van der Waals surface area (Å²) in [7, 11) is 0. The summed E-state index contributed by atoms with van der Waals surface area (Å²) in [6, 6.07) is 13.2. The normalized spacial score (nSPS) is 17.2. The summed E-state index contributed by atoms with van der Waals surface area (Å²) >= 11 is 0. The van der Waals surface area contributed by atoms with Gasteiger partial charge in [-0.25, -0.2) is 9.79 Å². The number of amides is 1. The fraction of sp³-hybridized carbons (Fsp3) is 0.423. The Hall–Kier alpha value is -3.39. The number of benzene rings is 2. The highest BCUT2D eigenvalue weighted by Crippen LogP contribution is 2.25. The minimum atomic E-state index is -0.496. The zero-order valence-electron chi connectivity index (χ0n) is 19.5. The Kier molecular flexibility index (Phi) is 7.80. The van der Waals surface area contributed by atoms with E-state index in [0.717, 1.165) is 32.1 Å². The third-order valence-corrected chi connectivity index (χ3v) is 6.57. The van der Waals surface area contributed by atoms with Crippen LogP contribution >= 0.6 is 0 Å². The van der Waals surface area contributed by atoms with Gasteiger partial charge in [-0.05, 0) is 67.3 Å². The Morgan fingerprint density at radius 1 is 0.853 bits per heavy atom. The number of ether oxygens (including phenoxy) is 1. The Morgan fingerprint density at radius 2 is 1.47 bits per heavy atom. The van der Waals surface area contributed by atoms with E-state index >= 15 is 0 Å². The predicted octanol–water partition coefficient (Wildman–Crippen LogP) is 3.15. The summed E-state index contributed by atoms with van der Waals surface area (Å²) in [6.07, 6.45) is 6.80. The molecule has 2 aromatic rings. The summed E-state index contributed by atoms with van der Waals surface area (Å²) in [6.45, 7) is 4.52. The molecule has 0 spiro atoms. The summed E-state index contributed by atoms with van der Waals surface area (Å²) in [4.78, 5) is 33.7. The number of hydrogen-bond donors (Lipinski definition) is 2. The largest absolute Gasteiger partial charge is 0.423 e. The molecule has 2 fully saturated rings. The van der Waals surface area contributed by atoms with E-state index in [-0.39, 0.29) is 11.9 Å². The molecule has 1 heterocycles. The van der Waals surface area contributed by atoms with Gasteiger partial charge in [0.05, 0.1) is 11.3 Å². The van der Waals surface area contributed by atoms with Crippen LogP contribution in [0.25, 0.3) is 0 Å². The summed E-state index contributed by atoms with van der Waals surface area (Å²) in [5.41, 5.74) is 12.2. The number of hydrogen-bond acceptors (Lipinski definition) is 5. The lowest BCUT2D eigenvalue weighted by molar-refractivity contribution is 0.0606. The second-order valence-electron chi connectivity index (χ2n) is 9.09. The molecule has 0 radical (unpaired) electrons. The van der Waals surface area contributed by atoms with Crippen LogP contribution in [0.3, 0.4) is 0 Å². The van der Waals surface area contributed by atoms with Crippen LogP contribution in [0, 0.1) is 5.92 Å². The molecule has 1 aliphatic carbocycles. The van der Waals surface area contributed by atoms with E-state index in [1.807, 2.05) is 4.90 Å². The molecule has 1 amide bonds. The molecule has 2 aliphatic rings. The molecule has 0 unspecified atom stereocenters. The van der Waals surface area contributed by atoms with Crippen molar-refractivity contribution < 1.29 is 14.3 Å². The molecule has 34 heavy (non-hydrogen) atoms. The maximum Gasteiger partial charge on any atom is 0.343 e. The SMILES string of the molecule is NC(N)=Nc1ccc(C(=O)Oc2ccc(C(=O)N3CCN(CC4CCCCC4)CC3)cc2)cc1. The molecule has 8 nitrogen and oxygen atoms in total. The van der Waals surface area contributed by atoms with Gasteiger partial charge in [0.2, 0.25) is 0 Å². The lowest BCUT2D eigenvalue weighted by atomic mass is 9.89. The molecular formula is C26H33N5O3. The Bertz CT molecular complexity index is 1000. The van der Waals surface area contributed by atoms with Crippen molar-refractivity contribution >= 4 is 23.5 Å². The summed E-state index contributed by atoms with van der Waals surface area (Å²) in [5, 5.41) is 0. The van der Waals surface area contributed by atoms with Gasteiger partial charge in [-0.15, -0.1) is 0 Å². The lowest BCUT2D eigenvalue weighted by Crippen LogP contribution is -2.49. The van der Waals surface area contributed by atoms with Crippen LogP contribution in [-0.4, -0.2) is 60.4 Å². The van der Waals surface area contributed by atoms with Gasteiger partial charge in [0.15, 0.2) is 5.96 Å². The van der Waals surface area contributed by atoms with Gasteiger partial charge >= 0.3 is 5.97 Å². The molecule has 2 aromatic carbocycles. The van der Waals surface area contributed by atoms with Crippen LogP contribution in [0.5, 0.6) is 5.75 Å². The third kappa shape index (κ3) is 6.35. The van der Waals surface area contributed by atoms with Crippen LogP contribution in [0.4, 0.5) is 5.69 Å². The molecule has 4 rings (SSSR count). The van der Waals surface area contributed by atoms with E-state index in [0.29, 0.717) is 22.6 Å². The van der Waals surface area contributed by atoms with Gasteiger partial charge in [-0.3, -0.25) is 9.69 Å². The molecule has 1 aliphatic heterocycles. The fourth-order valence-corrected chi connectivity index (χ4v) is 4.70. The number of nitrogens with zero attached hydrogens (tertiary/aromatic N) is 3. The predicted molar refractivity (Wildman–Crippen MR) is 132 cm³/mol. The van der Waals surface area contributed by atoms with E-state index < -0.39 is 5.97 Å². The average Bonchev–Trinajstić information content (AvgIpc) is 2.85. The standard InChI is InChI=1S/C26H33N5O3/c27-26(28)29-22-10-6-21(7-11-22)25(33)34-23-12-8-20(9-13-23)24(32)31-16-14-30(15-17-31)18-19-4-2-1-3-5-19/h6-13,19H,1-5,14-18H2,(H4,27,28,29). The number of carbonyl (C=O) groups is 2. The Balaban J connectivity index is 1.27. The van der Waals surface area contributed by atoms with Crippen molar-refractivity contribution in [1.29, 1.82) is 0 Å². The van der Waals surface area contributed by atoms with Gasteiger partial charge in [0, 0.05) is 38.3 Å². The van der Waals surface area contributed by atoms with Gasteiger partial charge in [-0.2, -0.15) is 0 Å². The van der Waals surface area contributed by atoms with Crippen LogP contribution in [0.1, 0.15) is 52.8 Å². The van der Waals surface area contributed by atoms with Crippen molar-refractivity contribution in [3.63, 3.8) is 0 Å². The molecule has 4 N–H and O–H groups in total. The van der Waals surface area contributed by atoms with E-state index in [1.165, 1.54) is 38.6 Å². The number of aliphatic imine (C=N–C) groups is 1. The quantitative estimate of drug-likeness (QED) is 0.294. The Morgan fingerprint density at radius 3 is 2.09 bits per heavy atom. The average molecular weight is 464 g/mol. The molecule has 0 aromatic heterocycles. The molecule has 8 heteroatoms.